The predicted molar refractivity (Wildman–Crippen MR) is 42.8 cm³/mol. The average molecular weight is 139 g/mol. The van der Waals surface area contributed by atoms with Gasteiger partial charge in [0, 0.05) is 7.05 Å². The molecule has 2 nitrogen and oxygen atoms in total. The van der Waals surface area contributed by atoms with Crippen LogP contribution in [-0.2, 0) is 0 Å². The van der Waals surface area contributed by atoms with Crippen LogP contribution in [0.2, 0.25) is 0 Å². The first-order valence-corrected chi connectivity index (χ1v) is 3.62. The second-order valence-corrected chi connectivity index (χ2v) is 2.92. The largest absolute Gasteiger partial charge is 0.348 e. The van der Waals surface area contributed by atoms with Crippen molar-refractivity contribution in [2.24, 2.45) is 0 Å². The fourth-order valence-corrected chi connectivity index (χ4v) is 0.825. The summed E-state index contributed by atoms with van der Waals surface area (Å²) in [5.74, 6) is 0. The summed E-state index contributed by atoms with van der Waals surface area (Å²) < 4.78 is 0.907. The summed E-state index contributed by atoms with van der Waals surface area (Å²) in [7, 11) is 4.21. The minimum Gasteiger partial charge on any atom is -0.348 e. The highest BCUT2D eigenvalue weighted by Gasteiger charge is 2.14. The molecule has 0 aromatic carbocycles. The fraction of sp³-hybridized carbons (Fsp3) is 0.500. The van der Waals surface area contributed by atoms with Gasteiger partial charge in [-0.15, -0.1) is 0 Å². The Labute approximate surface area is 62.6 Å². The lowest BCUT2D eigenvalue weighted by molar-refractivity contribution is -0.806. The van der Waals surface area contributed by atoms with Crippen molar-refractivity contribution >= 4 is 0 Å². The third kappa shape index (κ3) is 1.39. The maximum Gasteiger partial charge on any atom is 0.117 e. The molecule has 0 aromatic rings. The van der Waals surface area contributed by atoms with E-state index in [0.717, 1.165) is 11.0 Å². The van der Waals surface area contributed by atoms with Crippen LogP contribution in [0, 0.1) is 0 Å². The summed E-state index contributed by atoms with van der Waals surface area (Å²) in [5.41, 5.74) is 0. The van der Waals surface area contributed by atoms with Gasteiger partial charge >= 0.3 is 0 Å². The van der Waals surface area contributed by atoms with Crippen LogP contribution in [0.15, 0.2) is 24.8 Å². The molecule has 1 aliphatic heterocycles. The number of hydrogen-bond acceptors (Lipinski definition) is 1. The zero-order chi connectivity index (χ0) is 7.61. The van der Waals surface area contributed by atoms with Crippen LogP contribution in [-0.4, -0.2) is 30.0 Å². The molecule has 0 spiro atoms. The SMILES string of the molecule is CC[N+]1(C)C=CN(C)C=C1. The van der Waals surface area contributed by atoms with Gasteiger partial charge in [-0.25, -0.2) is 0 Å². The lowest BCUT2D eigenvalue weighted by Gasteiger charge is -2.27. The predicted octanol–water partition coefficient (Wildman–Crippen LogP) is 1.34. The zero-order valence-electron chi connectivity index (χ0n) is 6.91. The second-order valence-electron chi connectivity index (χ2n) is 2.92. The van der Waals surface area contributed by atoms with E-state index in [0.29, 0.717) is 0 Å². The average Bonchev–Trinajstić information content (AvgIpc) is 1.96. The van der Waals surface area contributed by atoms with Crippen molar-refractivity contribution < 1.29 is 4.48 Å². The van der Waals surface area contributed by atoms with Gasteiger partial charge in [0.15, 0.2) is 0 Å². The van der Waals surface area contributed by atoms with Gasteiger partial charge in [-0.05, 0) is 6.92 Å². The standard InChI is InChI=1S/C8H15N2/c1-4-10(3)7-5-9(2)6-8-10/h5-8H,4H2,1-3H3/q+1. The zero-order valence-corrected chi connectivity index (χ0v) is 6.91. The Morgan fingerprint density at radius 3 is 2.20 bits per heavy atom. The summed E-state index contributed by atoms with van der Waals surface area (Å²) in [6.07, 6.45) is 8.53. The fourth-order valence-electron chi connectivity index (χ4n) is 0.825. The molecule has 0 saturated heterocycles. The first-order chi connectivity index (χ1) is 4.66. The maximum absolute atomic E-state index is 2.18. The molecule has 1 aliphatic rings. The first kappa shape index (κ1) is 7.35. The van der Waals surface area contributed by atoms with Crippen molar-refractivity contribution in [1.82, 2.24) is 4.90 Å². The lowest BCUT2D eigenvalue weighted by atomic mass is 10.4. The van der Waals surface area contributed by atoms with E-state index in [9.17, 15) is 0 Å². The Morgan fingerprint density at radius 1 is 1.30 bits per heavy atom. The van der Waals surface area contributed by atoms with Gasteiger partial charge < -0.3 is 4.90 Å². The van der Waals surface area contributed by atoms with Crippen molar-refractivity contribution in [3.8, 4) is 0 Å². The van der Waals surface area contributed by atoms with Crippen molar-refractivity contribution in [2.75, 3.05) is 20.6 Å². The minimum atomic E-state index is 0.907. The van der Waals surface area contributed by atoms with Gasteiger partial charge in [0.1, 0.15) is 12.4 Å². The second kappa shape index (κ2) is 2.46. The molecule has 56 valence electrons. The van der Waals surface area contributed by atoms with Crippen LogP contribution < -0.4 is 0 Å². The van der Waals surface area contributed by atoms with Crippen LogP contribution >= 0.6 is 0 Å². The van der Waals surface area contributed by atoms with E-state index in [2.05, 4.69) is 43.7 Å². The van der Waals surface area contributed by atoms with E-state index in [1.165, 1.54) is 0 Å². The summed E-state index contributed by atoms with van der Waals surface area (Å²) in [6.45, 7) is 3.29. The highest BCUT2D eigenvalue weighted by Crippen LogP contribution is 2.10. The first-order valence-electron chi connectivity index (χ1n) is 3.62. The van der Waals surface area contributed by atoms with Crippen LogP contribution in [0.5, 0.6) is 0 Å². The number of rotatable bonds is 1. The van der Waals surface area contributed by atoms with E-state index < -0.39 is 0 Å². The topological polar surface area (TPSA) is 3.24 Å². The molecule has 0 amide bonds. The molecule has 0 aromatic heterocycles. The molecule has 0 saturated carbocycles. The van der Waals surface area contributed by atoms with Gasteiger partial charge in [0.2, 0.25) is 0 Å². The van der Waals surface area contributed by atoms with Crippen molar-refractivity contribution in [2.45, 2.75) is 6.92 Å². The van der Waals surface area contributed by atoms with E-state index in [-0.39, 0.29) is 0 Å². The van der Waals surface area contributed by atoms with Gasteiger partial charge in [-0.1, -0.05) is 0 Å². The molecule has 10 heavy (non-hydrogen) atoms. The molecule has 0 aliphatic carbocycles. The van der Waals surface area contributed by atoms with E-state index in [1.807, 2.05) is 7.05 Å². The monoisotopic (exact) mass is 139 g/mol. The molecule has 2 heteroatoms. The maximum atomic E-state index is 2.18. The Hall–Kier alpha value is -0.760. The van der Waals surface area contributed by atoms with E-state index in [1.54, 1.807) is 0 Å². The quantitative estimate of drug-likeness (QED) is 0.495. The summed E-state index contributed by atoms with van der Waals surface area (Å²) >= 11 is 0. The van der Waals surface area contributed by atoms with E-state index >= 15 is 0 Å². The molecule has 1 rings (SSSR count). The van der Waals surface area contributed by atoms with Crippen molar-refractivity contribution in [1.29, 1.82) is 0 Å². The smallest absolute Gasteiger partial charge is 0.117 e. The Morgan fingerprint density at radius 2 is 1.80 bits per heavy atom. The summed E-state index contributed by atoms with van der Waals surface area (Å²) in [6, 6.07) is 0. The third-order valence-electron chi connectivity index (χ3n) is 1.97. The Bertz CT molecular complexity index is 156. The summed E-state index contributed by atoms with van der Waals surface area (Å²) in [5, 5.41) is 0. The van der Waals surface area contributed by atoms with Crippen LogP contribution in [0.4, 0.5) is 0 Å². The normalized spacial score (nSPS) is 21.7. The molecule has 0 unspecified atom stereocenters. The third-order valence-corrected chi connectivity index (χ3v) is 1.97. The van der Waals surface area contributed by atoms with Crippen LogP contribution in [0.1, 0.15) is 6.92 Å². The van der Waals surface area contributed by atoms with Gasteiger partial charge in [-0.3, -0.25) is 4.48 Å². The van der Waals surface area contributed by atoms with Gasteiger partial charge in [-0.2, -0.15) is 0 Å². The highest BCUT2D eigenvalue weighted by atomic mass is 15.3. The molecular weight excluding hydrogens is 124 g/mol. The Balaban J connectivity index is 2.69. The molecular formula is C8H15N2+. The number of nitrogens with zero attached hydrogens (tertiary/aromatic N) is 2. The van der Waals surface area contributed by atoms with Crippen molar-refractivity contribution in [3.05, 3.63) is 24.8 Å². The molecule has 0 radical (unpaired) electrons. The minimum absolute atomic E-state index is 0.907. The van der Waals surface area contributed by atoms with Crippen molar-refractivity contribution in [3.63, 3.8) is 0 Å². The molecule has 0 bridgehead atoms. The molecule has 0 atom stereocenters. The van der Waals surface area contributed by atoms with Crippen LogP contribution in [0.25, 0.3) is 0 Å². The summed E-state index contributed by atoms with van der Waals surface area (Å²) in [4.78, 5) is 2.05. The lowest BCUT2D eigenvalue weighted by Crippen LogP contribution is -2.34. The molecule has 0 N–H and O–H groups in total. The molecule has 0 fully saturated rings. The van der Waals surface area contributed by atoms with Gasteiger partial charge in [0.25, 0.3) is 0 Å². The van der Waals surface area contributed by atoms with Crippen LogP contribution in [0.3, 0.4) is 0 Å². The number of hydrogen-bond donors (Lipinski definition) is 0. The highest BCUT2D eigenvalue weighted by molar-refractivity contribution is 4.90. The van der Waals surface area contributed by atoms with Gasteiger partial charge in [0.05, 0.1) is 26.0 Å². The van der Waals surface area contributed by atoms with E-state index in [4.69, 9.17) is 0 Å². The number of quaternary nitrogens is 1. The molecule has 1 heterocycles. The Kier molecular flexibility index (Phi) is 1.81.